The first kappa shape index (κ1) is 18.1. The van der Waals surface area contributed by atoms with E-state index in [1.807, 2.05) is 12.1 Å². The fraction of sp³-hybridized carbons (Fsp3) is 0.150. The Labute approximate surface area is 146 Å². The molecule has 0 bridgehead atoms. The number of ether oxygens (including phenoxy) is 1. The molecular weight excluding hydrogens is 318 g/mol. The molecule has 0 spiro atoms. The number of benzene rings is 2. The molecule has 5 heteroatoms. The number of hydrogen-bond acceptors (Lipinski definition) is 4. The van der Waals surface area contributed by atoms with E-state index in [1.165, 1.54) is 20.8 Å². The lowest BCUT2D eigenvalue weighted by atomic mass is 10.0. The lowest BCUT2D eigenvalue weighted by Gasteiger charge is -2.24. The van der Waals surface area contributed by atoms with Gasteiger partial charge in [0.25, 0.3) is 0 Å². The standard InChI is InChI=1S/C20H19NO4/c1-14(22)21(15(2)23)19(17-10-6-4-7-11-17)20(25-16(3)24)18-12-8-5-9-13-18/h4-13H,1-3H3. The van der Waals surface area contributed by atoms with Crippen LogP contribution in [0.2, 0.25) is 0 Å². The molecule has 0 unspecified atom stereocenters. The van der Waals surface area contributed by atoms with Crippen molar-refractivity contribution in [2.24, 2.45) is 0 Å². The monoisotopic (exact) mass is 337 g/mol. The quantitative estimate of drug-likeness (QED) is 0.487. The first-order valence-electron chi connectivity index (χ1n) is 7.76. The molecule has 0 fully saturated rings. The van der Waals surface area contributed by atoms with Gasteiger partial charge in [-0.1, -0.05) is 60.7 Å². The smallest absolute Gasteiger partial charge is 0.308 e. The molecule has 2 rings (SSSR count). The average Bonchev–Trinajstić information content (AvgIpc) is 2.58. The van der Waals surface area contributed by atoms with Crippen molar-refractivity contribution in [3.05, 3.63) is 71.8 Å². The summed E-state index contributed by atoms with van der Waals surface area (Å²) in [6.45, 7) is 3.86. The van der Waals surface area contributed by atoms with E-state index in [1.54, 1.807) is 48.5 Å². The van der Waals surface area contributed by atoms with Crippen molar-refractivity contribution in [3.63, 3.8) is 0 Å². The Balaban J connectivity index is 2.84. The van der Waals surface area contributed by atoms with Gasteiger partial charge in [0.05, 0.1) is 0 Å². The van der Waals surface area contributed by atoms with Crippen LogP contribution in [0.3, 0.4) is 0 Å². The number of carbonyl (C=O) groups excluding carboxylic acids is 3. The van der Waals surface area contributed by atoms with Crippen LogP contribution >= 0.6 is 0 Å². The van der Waals surface area contributed by atoms with E-state index in [-0.39, 0.29) is 11.5 Å². The van der Waals surface area contributed by atoms with Gasteiger partial charge in [-0.2, -0.15) is 0 Å². The van der Waals surface area contributed by atoms with Crippen LogP contribution in [0.1, 0.15) is 31.9 Å². The van der Waals surface area contributed by atoms with Gasteiger partial charge in [0.15, 0.2) is 5.76 Å². The Morgan fingerprint density at radius 2 is 1.16 bits per heavy atom. The van der Waals surface area contributed by atoms with Gasteiger partial charge in [-0.15, -0.1) is 0 Å². The molecule has 0 radical (unpaired) electrons. The maximum Gasteiger partial charge on any atom is 0.308 e. The van der Waals surface area contributed by atoms with Crippen LogP contribution in [0.4, 0.5) is 0 Å². The van der Waals surface area contributed by atoms with Gasteiger partial charge in [-0.05, 0) is 0 Å². The number of imide groups is 1. The summed E-state index contributed by atoms with van der Waals surface area (Å²) in [6, 6.07) is 17.8. The normalized spacial score (nSPS) is 11.3. The molecular formula is C20H19NO4. The van der Waals surface area contributed by atoms with E-state index in [0.29, 0.717) is 11.1 Å². The van der Waals surface area contributed by atoms with Crippen LogP contribution < -0.4 is 0 Å². The summed E-state index contributed by atoms with van der Waals surface area (Å²) in [7, 11) is 0. The first-order chi connectivity index (χ1) is 11.9. The molecule has 0 saturated heterocycles. The minimum atomic E-state index is -0.542. The van der Waals surface area contributed by atoms with Crippen molar-refractivity contribution >= 4 is 29.2 Å². The molecule has 25 heavy (non-hydrogen) atoms. The minimum Gasteiger partial charge on any atom is -0.424 e. The van der Waals surface area contributed by atoms with Gasteiger partial charge in [0, 0.05) is 31.9 Å². The van der Waals surface area contributed by atoms with Crippen molar-refractivity contribution < 1.29 is 19.1 Å². The fourth-order valence-electron chi connectivity index (χ4n) is 2.47. The molecule has 5 nitrogen and oxygen atoms in total. The molecule has 0 aliphatic rings. The summed E-state index contributed by atoms with van der Waals surface area (Å²) in [5, 5.41) is 0. The molecule has 0 atom stereocenters. The van der Waals surface area contributed by atoms with Crippen LogP contribution in [-0.4, -0.2) is 22.7 Å². The summed E-state index contributed by atoms with van der Waals surface area (Å²) in [6.07, 6.45) is 0. The Morgan fingerprint density at radius 1 is 0.720 bits per heavy atom. The molecule has 0 heterocycles. The van der Waals surface area contributed by atoms with Crippen LogP contribution in [0.25, 0.3) is 11.5 Å². The second kappa shape index (κ2) is 8.06. The highest BCUT2D eigenvalue weighted by Crippen LogP contribution is 2.31. The molecule has 0 saturated carbocycles. The average molecular weight is 337 g/mol. The Morgan fingerprint density at radius 3 is 1.56 bits per heavy atom. The van der Waals surface area contributed by atoms with E-state index in [9.17, 15) is 14.4 Å². The van der Waals surface area contributed by atoms with Gasteiger partial charge in [0.2, 0.25) is 11.8 Å². The number of hydrogen-bond donors (Lipinski definition) is 0. The summed E-state index contributed by atoms with van der Waals surface area (Å²) >= 11 is 0. The van der Waals surface area contributed by atoms with Crippen LogP contribution in [0.5, 0.6) is 0 Å². The lowest BCUT2D eigenvalue weighted by Crippen LogP contribution is -2.32. The maximum atomic E-state index is 12.2. The number of carbonyl (C=O) groups is 3. The first-order valence-corrected chi connectivity index (χ1v) is 7.76. The van der Waals surface area contributed by atoms with Crippen molar-refractivity contribution in [2.75, 3.05) is 0 Å². The van der Waals surface area contributed by atoms with Crippen LogP contribution in [0.15, 0.2) is 60.7 Å². The van der Waals surface area contributed by atoms with Gasteiger partial charge < -0.3 is 4.74 Å². The second-order valence-corrected chi connectivity index (χ2v) is 5.38. The van der Waals surface area contributed by atoms with E-state index in [2.05, 4.69) is 0 Å². The summed E-state index contributed by atoms with van der Waals surface area (Å²) in [4.78, 5) is 37.0. The number of amides is 2. The number of esters is 1. The zero-order valence-corrected chi connectivity index (χ0v) is 14.4. The fourth-order valence-corrected chi connectivity index (χ4v) is 2.47. The number of rotatable bonds is 4. The molecule has 2 aromatic rings. The van der Waals surface area contributed by atoms with Crippen LogP contribution in [-0.2, 0) is 19.1 Å². The van der Waals surface area contributed by atoms with Gasteiger partial charge in [-0.25, -0.2) is 4.90 Å². The molecule has 0 N–H and O–H groups in total. The third kappa shape index (κ3) is 4.41. The zero-order valence-electron chi connectivity index (χ0n) is 14.4. The van der Waals surface area contributed by atoms with Crippen LogP contribution in [0, 0.1) is 0 Å². The van der Waals surface area contributed by atoms with Crippen molar-refractivity contribution in [1.29, 1.82) is 0 Å². The van der Waals surface area contributed by atoms with Crippen molar-refractivity contribution in [1.82, 2.24) is 4.90 Å². The van der Waals surface area contributed by atoms with E-state index in [0.717, 1.165) is 4.90 Å². The Bertz CT molecular complexity index is 796. The molecule has 0 aromatic heterocycles. The largest absolute Gasteiger partial charge is 0.424 e. The maximum absolute atomic E-state index is 12.2. The van der Waals surface area contributed by atoms with Gasteiger partial charge in [0.1, 0.15) is 5.70 Å². The van der Waals surface area contributed by atoms with Crippen molar-refractivity contribution in [3.8, 4) is 0 Å². The van der Waals surface area contributed by atoms with E-state index >= 15 is 0 Å². The summed E-state index contributed by atoms with van der Waals surface area (Å²) in [5.74, 6) is -1.32. The Kier molecular flexibility index (Phi) is 5.84. The predicted molar refractivity (Wildman–Crippen MR) is 94.7 cm³/mol. The van der Waals surface area contributed by atoms with E-state index < -0.39 is 17.8 Å². The Hall–Kier alpha value is -3.21. The topological polar surface area (TPSA) is 63.7 Å². The SMILES string of the molecule is CC(=O)OC(=C(c1ccccc1)N(C(C)=O)C(C)=O)c1ccccc1. The molecule has 128 valence electrons. The molecule has 2 aromatic carbocycles. The number of nitrogens with zero attached hydrogens (tertiary/aromatic N) is 1. The molecule has 0 aliphatic carbocycles. The molecule has 0 aliphatic heterocycles. The molecule has 2 amide bonds. The minimum absolute atomic E-state index is 0.157. The lowest BCUT2D eigenvalue weighted by molar-refractivity contribution is -0.139. The van der Waals surface area contributed by atoms with Crippen molar-refractivity contribution in [2.45, 2.75) is 20.8 Å². The predicted octanol–water partition coefficient (Wildman–Crippen LogP) is 3.47. The zero-order chi connectivity index (χ0) is 18.4. The van der Waals surface area contributed by atoms with Gasteiger partial charge in [-0.3, -0.25) is 14.4 Å². The highest BCUT2D eigenvalue weighted by Gasteiger charge is 2.26. The highest BCUT2D eigenvalue weighted by atomic mass is 16.5. The highest BCUT2D eigenvalue weighted by molar-refractivity contribution is 6.07. The summed E-state index contributed by atoms with van der Waals surface area (Å²) in [5.41, 5.74) is 1.42. The van der Waals surface area contributed by atoms with E-state index in [4.69, 9.17) is 4.74 Å². The summed E-state index contributed by atoms with van der Waals surface area (Å²) < 4.78 is 5.43. The third-order valence-electron chi connectivity index (χ3n) is 3.40. The van der Waals surface area contributed by atoms with Gasteiger partial charge >= 0.3 is 5.97 Å². The second-order valence-electron chi connectivity index (χ2n) is 5.38. The third-order valence-corrected chi connectivity index (χ3v) is 3.40.